The quantitative estimate of drug-likeness (QED) is 0.409. The van der Waals surface area contributed by atoms with Crippen LogP contribution in [0.5, 0.6) is 11.5 Å². The first-order valence-electron chi connectivity index (χ1n) is 11.7. The molecule has 3 heterocycles. The predicted octanol–water partition coefficient (Wildman–Crippen LogP) is 4.74. The van der Waals surface area contributed by atoms with Crippen molar-refractivity contribution in [1.29, 1.82) is 0 Å². The molecule has 1 fully saturated rings. The number of nitrogens with one attached hydrogen (secondary N) is 2. The van der Waals surface area contributed by atoms with E-state index in [1.165, 1.54) is 37.9 Å². The first-order valence-corrected chi connectivity index (χ1v) is 11.7. The third-order valence-corrected chi connectivity index (χ3v) is 6.37. The Bertz CT molecular complexity index is 1200. The van der Waals surface area contributed by atoms with Crippen LogP contribution < -0.4 is 9.47 Å². The molecule has 2 aromatic carbocycles. The Labute approximate surface area is 194 Å². The molecular weight excluding hydrogens is 414 g/mol. The maximum atomic E-state index is 5.38. The number of rotatable bonds is 8. The summed E-state index contributed by atoms with van der Waals surface area (Å²) in [6.45, 7) is 3.39. The van der Waals surface area contributed by atoms with E-state index in [0.29, 0.717) is 0 Å². The number of piperidine rings is 1. The van der Waals surface area contributed by atoms with Crippen LogP contribution in [0.2, 0.25) is 0 Å². The second-order valence-corrected chi connectivity index (χ2v) is 8.77. The lowest BCUT2D eigenvalue weighted by Gasteiger charge is -2.26. The van der Waals surface area contributed by atoms with Gasteiger partial charge in [-0.2, -0.15) is 5.10 Å². The summed E-state index contributed by atoms with van der Waals surface area (Å²) in [4.78, 5) is 10.8. The fraction of sp³-hybridized carbons (Fsp3) is 0.385. The summed E-state index contributed by atoms with van der Waals surface area (Å²) < 4.78 is 10.8. The van der Waals surface area contributed by atoms with Crippen LogP contribution in [0.1, 0.15) is 36.1 Å². The van der Waals surface area contributed by atoms with Crippen molar-refractivity contribution in [3.05, 3.63) is 59.3 Å². The van der Waals surface area contributed by atoms with E-state index < -0.39 is 0 Å². The monoisotopic (exact) mass is 445 g/mol. The molecule has 0 amide bonds. The summed E-state index contributed by atoms with van der Waals surface area (Å²) in [5.41, 5.74) is 6.42. The molecule has 0 aliphatic carbocycles. The van der Waals surface area contributed by atoms with Crippen molar-refractivity contribution < 1.29 is 9.47 Å². The topological polar surface area (TPSA) is 79.1 Å². The lowest BCUT2D eigenvalue weighted by molar-refractivity contribution is 0.221. The molecule has 1 saturated heterocycles. The van der Waals surface area contributed by atoms with Crippen LogP contribution in [0.25, 0.3) is 22.6 Å². The lowest BCUT2D eigenvalue weighted by Crippen LogP contribution is -2.29. The van der Waals surface area contributed by atoms with E-state index in [2.05, 4.69) is 44.3 Å². The van der Waals surface area contributed by atoms with Gasteiger partial charge in [-0.15, -0.1) is 0 Å². The van der Waals surface area contributed by atoms with Gasteiger partial charge in [0, 0.05) is 18.3 Å². The number of aromatic amines is 2. The minimum atomic E-state index is 0.797. The van der Waals surface area contributed by atoms with Crippen molar-refractivity contribution in [3.8, 4) is 23.0 Å². The van der Waals surface area contributed by atoms with Crippen molar-refractivity contribution in [3.63, 3.8) is 0 Å². The summed E-state index contributed by atoms with van der Waals surface area (Å²) in [6.07, 6.45) is 5.67. The summed E-state index contributed by atoms with van der Waals surface area (Å²) in [5, 5.41) is 7.66. The Kier molecular flexibility index (Phi) is 6.30. The van der Waals surface area contributed by atoms with E-state index in [0.717, 1.165) is 64.7 Å². The van der Waals surface area contributed by atoms with Gasteiger partial charge in [-0.05, 0) is 80.2 Å². The van der Waals surface area contributed by atoms with E-state index in [-0.39, 0.29) is 0 Å². The number of hydrogen-bond acceptors (Lipinski definition) is 5. The molecule has 0 atom stereocenters. The van der Waals surface area contributed by atoms with Gasteiger partial charge in [-0.25, -0.2) is 4.98 Å². The van der Waals surface area contributed by atoms with Gasteiger partial charge in [0.05, 0.1) is 25.3 Å². The minimum Gasteiger partial charge on any atom is -0.497 e. The average molecular weight is 446 g/mol. The smallest absolute Gasteiger partial charge is 0.159 e. The zero-order valence-corrected chi connectivity index (χ0v) is 19.4. The summed E-state index contributed by atoms with van der Waals surface area (Å²) in [7, 11) is 3.34. The van der Waals surface area contributed by atoms with Gasteiger partial charge < -0.3 is 14.5 Å². The number of hydrogen-bond donors (Lipinski definition) is 2. The number of aryl methyl sites for hydroxylation is 2. The zero-order chi connectivity index (χ0) is 22.6. The fourth-order valence-electron chi connectivity index (χ4n) is 4.55. The predicted molar refractivity (Wildman–Crippen MR) is 130 cm³/mol. The Morgan fingerprint density at radius 2 is 1.67 bits per heavy atom. The third-order valence-electron chi connectivity index (χ3n) is 6.37. The highest BCUT2D eigenvalue weighted by Gasteiger charge is 2.13. The van der Waals surface area contributed by atoms with Crippen molar-refractivity contribution in [2.24, 2.45) is 0 Å². The summed E-state index contributed by atoms with van der Waals surface area (Å²) in [5.74, 6) is 2.40. The van der Waals surface area contributed by atoms with Crippen molar-refractivity contribution in [1.82, 2.24) is 25.1 Å². The van der Waals surface area contributed by atoms with Gasteiger partial charge in [0.2, 0.25) is 0 Å². The number of methoxy groups -OCH3 is 2. The number of fused-ring (bicyclic) bond motifs is 1. The molecular formula is C26H31N5O2. The lowest BCUT2D eigenvalue weighted by atomic mass is 10.1. The van der Waals surface area contributed by atoms with Crippen LogP contribution >= 0.6 is 0 Å². The number of ether oxygens (including phenoxy) is 2. The van der Waals surface area contributed by atoms with E-state index in [1.54, 1.807) is 14.2 Å². The molecule has 4 aromatic rings. The second kappa shape index (κ2) is 9.67. The molecule has 33 heavy (non-hydrogen) atoms. The van der Waals surface area contributed by atoms with Crippen LogP contribution in [0.3, 0.4) is 0 Å². The van der Waals surface area contributed by atoms with Gasteiger partial charge in [0.15, 0.2) is 5.82 Å². The molecule has 5 rings (SSSR count). The highest BCUT2D eigenvalue weighted by molar-refractivity contribution is 5.79. The fourth-order valence-corrected chi connectivity index (χ4v) is 4.55. The average Bonchev–Trinajstić information content (AvgIpc) is 3.50. The Balaban J connectivity index is 1.27. The molecule has 7 nitrogen and oxygen atoms in total. The number of likely N-dealkylation sites (tertiary alicyclic amines) is 1. The summed E-state index contributed by atoms with van der Waals surface area (Å²) in [6, 6.07) is 14.6. The molecule has 1 aliphatic rings. The van der Waals surface area contributed by atoms with Gasteiger partial charge in [-0.1, -0.05) is 12.5 Å². The molecule has 172 valence electrons. The van der Waals surface area contributed by atoms with Crippen LogP contribution in [-0.4, -0.2) is 52.4 Å². The van der Waals surface area contributed by atoms with E-state index in [1.807, 2.05) is 18.2 Å². The summed E-state index contributed by atoms with van der Waals surface area (Å²) >= 11 is 0. The first-order chi connectivity index (χ1) is 16.2. The molecule has 2 N–H and O–H groups in total. The van der Waals surface area contributed by atoms with Gasteiger partial charge in [-0.3, -0.25) is 10.00 Å². The van der Waals surface area contributed by atoms with Crippen LogP contribution in [-0.2, 0) is 19.4 Å². The van der Waals surface area contributed by atoms with Crippen LogP contribution in [0, 0.1) is 0 Å². The normalized spacial score (nSPS) is 14.6. The van der Waals surface area contributed by atoms with Gasteiger partial charge in [0.25, 0.3) is 0 Å². The number of benzene rings is 2. The zero-order valence-electron chi connectivity index (χ0n) is 19.4. The molecule has 0 bridgehead atoms. The number of H-pyrrole nitrogens is 2. The second-order valence-electron chi connectivity index (χ2n) is 8.77. The van der Waals surface area contributed by atoms with Crippen LogP contribution in [0.4, 0.5) is 0 Å². The maximum absolute atomic E-state index is 5.38. The molecule has 0 radical (unpaired) electrons. The molecule has 0 unspecified atom stereocenters. The molecule has 1 aliphatic heterocycles. The first kappa shape index (κ1) is 21.5. The third kappa shape index (κ3) is 5.03. The van der Waals surface area contributed by atoms with Crippen molar-refractivity contribution >= 4 is 11.0 Å². The number of imidazole rings is 1. The van der Waals surface area contributed by atoms with Crippen molar-refractivity contribution in [2.45, 2.75) is 38.6 Å². The maximum Gasteiger partial charge on any atom is 0.159 e. The Hall–Kier alpha value is -3.32. The Morgan fingerprint density at radius 1 is 0.879 bits per heavy atom. The molecule has 2 aromatic heterocycles. The van der Waals surface area contributed by atoms with E-state index in [4.69, 9.17) is 14.5 Å². The van der Waals surface area contributed by atoms with E-state index >= 15 is 0 Å². The Morgan fingerprint density at radius 3 is 2.42 bits per heavy atom. The molecule has 7 heteroatoms. The molecule has 0 saturated carbocycles. The largest absolute Gasteiger partial charge is 0.497 e. The van der Waals surface area contributed by atoms with Gasteiger partial charge >= 0.3 is 0 Å². The SMILES string of the molecule is COc1cc(CCc2cc(-c3nc4cc(CN5CCCCC5)ccc4[nH]3)n[nH]2)cc(OC)c1. The van der Waals surface area contributed by atoms with Crippen molar-refractivity contribution in [2.75, 3.05) is 27.3 Å². The minimum absolute atomic E-state index is 0.797. The van der Waals surface area contributed by atoms with Gasteiger partial charge in [0.1, 0.15) is 17.2 Å². The standard InChI is InChI=1S/C26H31N5O2/c1-32-21-12-18(13-22(16-21)33-2)6-8-20-15-25(30-29-20)26-27-23-9-7-19(14-24(23)28-26)17-31-10-4-3-5-11-31/h7,9,12-16H,3-6,8,10-11,17H2,1-2H3,(H,27,28)(H,29,30). The highest BCUT2D eigenvalue weighted by Crippen LogP contribution is 2.25. The highest BCUT2D eigenvalue weighted by atomic mass is 16.5. The van der Waals surface area contributed by atoms with Crippen LogP contribution in [0.15, 0.2) is 42.5 Å². The number of nitrogens with zero attached hydrogens (tertiary/aromatic N) is 3. The number of aromatic nitrogens is 4. The van der Waals surface area contributed by atoms with E-state index in [9.17, 15) is 0 Å². The molecule has 0 spiro atoms.